The minimum atomic E-state index is -0.341. The Hall–Kier alpha value is -1.31. The fourth-order valence-corrected chi connectivity index (χ4v) is 1.99. The summed E-state index contributed by atoms with van der Waals surface area (Å²) in [5.74, 6) is 0.106. The van der Waals surface area contributed by atoms with Crippen molar-refractivity contribution in [2.24, 2.45) is 5.41 Å². The van der Waals surface area contributed by atoms with Gasteiger partial charge in [-0.15, -0.1) is 0 Å². The Kier molecular flexibility index (Phi) is 4.55. The Morgan fingerprint density at radius 3 is 2.33 bits per heavy atom. The monoisotopic (exact) mass is 247 g/mol. The van der Waals surface area contributed by atoms with Gasteiger partial charge in [0, 0.05) is 5.41 Å². The molecule has 1 atom stereocenters. The molecule has 1 amide bonds. The van der Waals surface area contributed by atoms with Gasteiger partial charge in [-0.1, -0.05) is 51.5 Å². The molecule has 1 N–H and O–H groups in total. The predicted molar refractivity (Wildman–Crippen MR) is 76.5 cm³/mol. The van der Waals surface area contributed by atoms with Gasteiger partial charge in [-0.3, -0.25) is 4.79 Å². The van der Waals surface area contributed by atoms with E-state index in [1.807, 2.05) is 20.8 Å². The molecule has 0 radical (unpaired) electrons. The molecule has 2 heteroatoms. The molecule has 0 bridgehead atoms. The fraction of sp³-hybridized carbons (Fsp3) is 0.562. The third kappa shape index (κ3) is 3.59. The third-order valence-electron chi connectivity index (χ3n) is 3.20. The smallest absolute Gasteiger partial charge is 0.225 e. The zero-order valence-corrected chi connectivity index (χ0v) is 12.4. The first-order valence-corrected chi connectivity index (χ1v) is 6.63. The van der Waals surface area contributed by atoms with Gasteiger partial charge in [0.15, 0.2) is 0 Å². The first kappa shape index (κ1) is 14.7. The molecule has 1 rings (SSSR count). The molecule has 0 saturated heterocycles. The van der Waals surface area contributed by atoms with E-state index >= 15 is 0 Å². The van der Waals surface area contributed by atoms with Crippen molar-refractivity contribution in [3.8, 4) is 0 Å². The number of carbonyl (C=O) groups is 1. The summed E-state index contributed by atoms with van der Waals surface area (Å²) in [6.07, 6.45) is 0.908. The number of hydrogen-bond acceptors (Lipinski definition) is 1. The van der Waals surface area contributed by atoms with Crippen molar-refractivity contribution < 1.29 is 4.79 Å². The van der Waals surface area contributed by atoms with Crippen LogP contribution in [0.2, 0.25) is 0 Å². The van der Waals surface area contributed by atoms with Gasteiger partial charge in [0.2, 0.25) is 5.91 Å². The zero-order valence-electron chi connectivity index (χ0n) is 12.4. The molecular formula is C16H25NO. The minimum Gasteiger partial charge on any atom is -0.349 e. The quantitative estimate of drug-likeness (QED) is 0.862. The molecule has 2 nitrogen and oxygen atoms in total. The largest absolute Gasteiger partial charge is 0.349 e. The molecule has 0 aromatic heterocycles. The summed E-state index contributed by atoms with van der Waals surface area (Å²) in [4.78, 5) is 12.1. The van der Waals surface area contributed by atoms with Gasteiger partial charge in [0.1, 0.15) is 0 Å². The number of aryl methyl sites for hydroxylation is 2. The average molecular weight is 247 g/mol. The lowest BCUT2D eigenvalue weighted by molar-refractivity contribution is -0.129. The molecule has 100 valence electrons. The second kappa shape index (κ2) is 5.55. The van der Waals surface area contributed by atoms with Crippen LogP contribution in [0.25, 0.3) is 0 Å². The van der Waals surface area contributed by atoms with E-state index < -0.39 is 0 Å². The zero-order chi connectivity index (χ0) is 13.9. The van der Waals surface area contributed by atoms with Crippen LogP contribution in [-0.2, 0) is 4.79 Å². The van der Waals surface area contributed by atoms with E-state index in [2.05, 4.69) is 44.3 Å². The van der Waals surface area contributed by atoms with Gasteiger partial charge in [-0.2, -0.15) is 0 Å². The maximum atomic E-state index is 12.1. The number of hydrogen-bond donors (Lipinski definition) is 1. The minimum absolute atomic E-state index is 0.106. The van der Waals surface area contributed by atoms with Gasteiger partial charge in [0.05, 0.1) is 6.04 Å². The molecule has 0 unspecified atom stereocenters. The van der Waals surface area contributed by atoms with Gasteiger partial charge in [0.25, 0.3) is 0 Å². The summed E-state index contributed by atoms with van der Waals surface area (Å²) in [6.45, 7) is 12.1. The van der Waals surface area contributed by atoms with Crippen molar-refractivity contribution in [1.82, 2.24) is 5.32 Å². The highest BCUT2D eigenvalue weighted by atomic mass is 16.2. The molecule has 0 aliphatic heterocycles. The van der Waals surface area contributed by atoms with Crippen molar-refractivity contribution in [2.75, 3.05) is 0 Å². The van der Waals surface area contributed by atoms with Crippen LogP contribution in [0, 0.1) is 19.3 Å². The Morgan fingerprint density at radius 2 is 1.89 bits per heavy atom. The van der Waals surface area contributed by atoms with Crippen molar-refractivity contribution >= 4 is 5.91 Å². The average Bonchev–Trinajstić information content (AvgIpc) is 2.25. The number of benzene rings is 1. The molecule has 1 aromatic rings. The first-order valence-electron chi connectivity index (χ1n) is 6.63. The predicted octanol–water partition coefficient (Wildman–Crippen LogP) is 3.92. The standard InChI is InChI=1S/C16H25NO/c1-7-14(17-15(18)16(4,5)6)13-9-8-11(2)10-12(13)3/h8-10,14H,7H2,1-6H3,(H,17,18)/t14-/m1/s1. The summed E-state index contributed by atoms with van der Waals surface area (Å²) in [7, 11) is 0. The van der Waals surface area contributed by atoms with Gasteiger partial charge >= 0.3 is 0 Å². The highest BCUT2D eigenvalue weighted by Gasteiger charge is 2.24. The summed E-state index contributed by atoms with van der Waals surface area (Å²) in [5, 5.41) is 3.14. The molecule has 0 fully saturated rings. The van der Waals surface area contributed by atoms with Crippen LogP contribution >= 0.6 is 0 Å². The van der Waals surface area contributed by atoms with E-state index in [1.165, 1.54) is 16.7 Å². The van der Waals surface area contributed by atoms with E-state index in [0.717, 1.165) is 6.42 Å². The molecule has 0 spiro atoms. The summed E-state index contributed by atoms with van der Waals surface area (Å²) in [5.41, 5.74) is 3.39. The third-order valence-corrected chi connectivity index (χ3v) is 3.20. The van der Waals surface area contributed by atoms with Crippen LogP contribution in [0.15, 0.2) is 18.2 Å². The van der Waals surface area contributed by atoms with Crippen molar-refractivity contribution in [1.29, 1.82) is 0 Å². The number of nitrogens with one attached hydrogen (secondary N) is 1. The van der Waals surface area contributed by atoms with Gasteiger partial charge in [-0.25, -0.2) is 0 Å². The van der Waals surface area contributed by atoms with Crippen molar-refractivity contribution in [3.05, 3.63) is 34.9 Å². The molecule has 0 heterocycles. The van der Waals surface area contributed by atoms with Crippen LogP contribution < -0.4 is 5.32 Å². The normalized spacial score (nSPS) is 13.2. The Balaban J connectivity index is 2.93. The lowest BCUT2D eigenvalue weighted by atomic mass is 9.92. The van der Waals surface area contributed by atoms with Crippen LogP contribution in [0.1, 0.15) is 56.8 Å². The first-order chi connectivity index (χ1) is 8.25. The SMILES string of the molecule is CC[C@@H](NC(=O)C(C)(C)C)c1ccc(C)cc1C. The lowest BCUT2D eigenvalue weighted by Gasteiger charge is -2.25. The maximum absolute atomic E-state index is 12.1. The highest BCUT2D eigenvalue weighted by molar-refractivity contribution is 5.81. The Labute approximate surface area is 111 Å². The van der Waals surface area contributed by atoms with E-state index in [-0.39, 0.29) is 17.4 Å². The van der Waals surface area contributed by atoms with Crippen molar-refractivity contribution in [3.63, 3.8) is 0 Å². The molecular weight excluding hydrogens is 222 g/mol. The van der Waals surface area contributed by atoms with Gasteiger partial charge < -0.3 is 5.32 Å². The Morgan fingerprint density at radius 1 is 1.28 bits per heavy atom. The molecule has 1 aromatic carbocycles. The van der Waals surface area contributed by atoms with Crippen molar-refractivity contribution in [2.45, 2.75) is 54.0 Å². The van der Waals surface area contributed by atoms with E-state index in [1.54, 1.807) is 0 Å². The fourth-order valence-electron chi connectivity index (χ4n) is 1.99. The lowest BCUT2D eigenvalue weighted by Crippen LogP contribution is -2.37. The van der Waals surface area contributed by atoms with Crippen LogP contribution in [0.4, 0.5) is 0 Å². The number of carbonyl (C=O) groups excluding carboxylic acids is 1. The number of rotatable bonds is 3. The topological polar surface area (TPSA) is 29.1 Å². The van der Waals surface area contributed by atoms with E-state index in [4.69, 9.17) is 0 Å². The molecule has 0 aliphatic carbocycles. The second-order valence-corrected chi connectivity index (χ2v) is 6.04. The maximum Gasteiger partial charge on any atom is 0.225 e. The second-order valence-electron chi connectivity index (χ2n) is 6.04. The highest BCUT2D eigenvalue weighted by Crippen LogP contribution is 2.23. The molecule has 0 saturated carbocycles. The van der Waals surface area contributed by atoms with Crippen LogP contribution in [-0.4, -0.2) is 5.91 Å². The van der Waals surface area contributed by atoms with Gasteiger partial charge in [-0.05, 0) is 31.4 Å². The Bertz CT molecular complexity index is 429. The molecule has 18 heavy (non-hydrogen) atoms. The van der Waals surface area contributed by atoms with Crippen LogP contribution in [0.3, 0.4) is 0 Å². The van der Waals surface area contributed by atoms with Crippen LogP contribution in [0.5, 0.6) is 0 Å². The molecule has 0 aliphatic rings. The van der Waals surface area contributed by atoms with E-state index in [0.29, 0.717) is 0 Å². The summed E-state index contributed by atoms with van der Waals surface area (Å²) < 4.78 is 0. The summed E-state index contributed by atoms with van der Waals surface area (Å²) >= 11 is 0. The summed E-state index contributed by atoms with van der Waals surface area (Å²) in [6, 6.07) is 6.51. The number of amides is 1. The van der Waals surface area contributed by atoms with E-state index in [9.17, 15) is 4.79 Å².